The topological polar surface area (TPSA) is 92.2 Å². The predicted octanol–water partition coefficient (Wildman–Crippen LogP) is 1.67. The highest BCUT2D eigenvalue weighted by atomic mass is 16.5. The van der Waals surface area contributed by atoms with Gasteiger partial charge in [0.15, 0.2) is 0 Å². The Morgan fingerprint density at radius 1 is 1.05 bits per heavy atom. The van der Waals surface area contributed by atoms with E-state index in [1.807, 2.05) is 13.8 Å². The van der Waals surface area contributed by atoms with Crippen molar-refractivity contribution in [2.75, 3.05) is 30.8 Å². The molecule has 1 aromatic heterocycles. The van der Waals surface area contributed by atoms with E-state index in [1.54, 1.807) is 7.05 Å². The Hall–Kier alpha value is -1.63. The van der Waals surface area contributed by atoms with Crippen LogP contribution in [0.3, 0.4) is 0 Å². The highest BCUT2D eigenvalue weighted by Crippen LogP contribution is 2.12. The average Bonchev–Trinajstić information content (AvgIpc) is 2.41. The fourth-order valence-electron chi connectivity index (χ4n) is 1.60. The van der Waals surface area contributed by atoms with Gasteiger partial charge in [0, 0.05) is 20.2 Å². The van der Waals surface area contributed by atoms with Crippen LogP contribution in [0.2, 0.25) is 0 Å². The molecule has 0 bridgehead atoms. The molecule has 0 unspecified atom stereocenters. The first-order valence-electron chi connectivity index (χ1n) is 7.11. The Bertz CT molecular complexity index is 387. The van der Waals surface area contributed by atoms with Crippen molar-refractivity contribution in [2.45, 2.75) is 45.6 Å². The van der Waals surface area contributed by atoms with E-state index >= 15 is 0 Å². The van der Waals surface area contributed by atoms with E-state index in [9.17, 15) is 0 Å². The average molecular weight is 283 g/mol. The van der Waals surface area contributed by atoms with E-state index in [0.717, 1.165) is 32.2 Å². The van der Waals surface area contributed by atoms with Crippen LogP contribution in [0, 0.1) is 0 Å². The molecule has 3 N–H and O–H groups in total. The molecule has 7 nitrogen and oxygen atoms in total. The summed E-state index contributed by atoms with van der Waals surface area (Å²) in [5, 5.41) is 14.8. The van der Waals surface area contributed by atoms with Crippen molar-refractivity contribution in [3.63, 3.8) is 0 Å². The van der Waals surface area contributed by atoms with Gasteiger partial charge in [-0.15, -0.1) is 0 Å². The molecular formula is C13H25N5O2. The molecule has 0 atom stereocenters. The smallest absolute Gasteiger partial charge is 0.323 e. The van der Waals surface area contributed by atoms with Crippen molar-refractivity contribution in [1.29, 1.82) is 0 Å². The van der Waals surface area contributed by atoms with Crippen LogP contribution in [0.5, 0.6) is 6.01 Å². The Morgan fingerprint density at radius 2 is 1.75 bits per heavy atom. The first-order valence-corrected chi connectivity index (χ1v) is 7.11. The van der Waals surface area contributed by atoms with Crippen LogP contribution in [-0.2, 0) is 0 Å². The summed E-state index contributed by atoms with van der Waals surface area (Å²) in [5.41, 5.74) is 0. The predicted molar refractivity (Wildman–Crippen MR) is 79.2 cm³/mol. The van der Waals surface area contributed by atoms with Crippen molar-refractivity contribution in [3.8, 4) is 6.01 Å². The lowest BCUT2D eigenvalue weighted by Gasteiger charge is -2.11. The normalized spacial score (nSPS) is 10.7. The third kappa shape index (κ3) is 6.51. The van der Waals surface area contributed by atoms with Gasteiger partial charge in [0.05, 0.1) is 6.10 Å². The molecule has 0 amide bonds. The van der Waals surface area contributed by atoms with Gasteiger partial charge in [-0.3, -0.25) is 0 Å². The second kappa shape index (κ2) is 9.30. The molecule has 0 radical (unpaired) electrons. The second-order valence-electron chi connectivity index (χ2n) is 4.75. The zero-order chi connectivity index (χ0) is 14.8. The van der Waals surface area contributed by atoms with Crippen LogP contribution in [0.1, 0.15) is 39.5 Å². The van der Waals surface area contributed by atoms with E-state index in [0.29, 0.717) is 17.9 Å². The number of unbranched alkanes of at least 4 members (excludes halogenated alkanes) is 3. The van der Waals surface area contributed by atoms with Crippen LogP contribution in [0.4, 0.5) is 11.9 Å². The molecule has 0 aliphatic heterocycles. The minimum absolute atomic E-state index is 0.0217. The Morgan fingerprint density at radius 3 is 2.40 bits per heavy atom. The lowest BCUT2D eigenvalue weighted by molar-refractivity contribution is 0.222. The van der Waals surface area contributed by atoms with Gasteiger partial charge in [0.1, 0.15) is 0 Å². The molecule has 0 saturated carbocycles. The van der Waals surface area contributed by atoms with E-state index in [1.165, 1.54) is 0 Å². The third-order valence-electron chi connectivity index (χ3n) is 2.55. The number of aromatic nitrogens is 3. The molecular weight excluding hydrogens is 258 g/mol. The van der Waals surface area contributed by atoms with Gasteiger partial charge < -0.3 is 20.5 Å². The lowest BCUT2D eigenvalue weighted by Crippen LogP contribution is -2.13. The van der Waals surface area contributed by atoms with Crippen molar-refractivity contribution in [1.82, 2.24) is 15.0 Å². The SMILES string of the molecule is CNc1nc(NCCCCCCO)nc(OC(C)C)n1. The number of hydrogen-bond acceptors (Lipinski definition) is 7. The van der Waals surface area contributed by atoms with Gasteiger partial charge in [-0.1, -0.05) is 12.8 Å². The molecule has 0 fully saturated rings. The largest absolute Gasteiger partial charge is 0.461 e. The van der Waals surface area contributed by atoms with Crippen molar-refractivity contribution in [2.24, 2.45) is 0 Å². The van der Waals surface area contributed by atoms with Crippen molar-refractivity contribution < 1.29 is 9.84 Å². The zero-order valence-corrected chi connectivity index (χ0v) is 12.5. The van der Waals surface area contributed by atoms with E-state index in [-0.39, 0.29) is 12.7 Å². The Labute approximate surface area is 120 Å². The van der Waals surface area contributed by atoms with E-state index < -0.39 is 0 Å². The number of rotatable bonds is 10. The number of nitrogens with zero attached hydrogens (tertiary/aromatic N) is 3. The standard InChI is InChI=1S/C13H25N5O2/c1-10(2)20-13-17-11(14-3)16-12(18-13)15-8-6-4-5-7-9-19/h10,19H,4-9H2,1-3H3,(H2,14,15,16,17,18). The monoisotopic (exact) mass is 283 g/mol. The first-order chi connectivity index (χ1) is 9.65. The van der Waals surface area contributed by atoms with Gasteiger partial charge in [0.2, 0.25) is 11.9 Å². The zero-order valence-electron chi connectivity index (χ0n) is 12.5. The maximum atomic E-state index is 8.70. The summed E-state index contributed by atoms with van der Waals surface area (Å²) >= 11 is 0. The Kier molecular flexibility index (Phi) is 7.64. The van der Waals surface area contributed by atoms with Gasteiger partial charge in [-0.2, -0.15) is 15.0 Å². The van der Waals surface area contributed by atoms with Crippen LogP contribution >= 0.6 is 0 Å². The quantitative estimate of drug-likeness (QED) is 0.562. The Balaban J connectivity index is 2.47. The fraction of sp³-hybridized carbons (Fsp3) is 0.769. The van der Waals surface area contributed by atoms with E-state index in [4.69, 9.17) is 9.84 Å². The van der Waals surface area contributed by atoms with Gasteiger partial charge in [0.25, 0.3) is 0 Å². The van der Waals surface area contributed by atoms with Crippen LogP contribution in [0.15, 0.2) is 0 Å². The fourth-order valence-corrected chi connectivity index (χ4v) is 1.60. The summed E-state index contributed by atoms with van der Waals surface area (Å²) in [4.78, 5) is 12.6. The summed E-state index contributed by atoms with van der Waals surface area (Å²) in [7, 11) is 1.76. The summed E-state index contributed by atoms with van der Waals surface area (Å²) in [6.45, 7) is 4.91. The summed E-state index contributed by atoms with van der Waals surface area (Å²) in [5.74, 6) is 1.00. The number of hydrogen-bond donors (Lipinski definition) is 3. The molecule has 114 valence electrons. The number of aliphatic hydroxyl groups is 1. The molecule has 0 spiro atoms. The molecule has 0 aliphatic carbocycles. The second-order valence-corrected chi connectivity index (χ2v) is 4.75. The minimum atomic E-state index is 0.0217. The van der Waals surface area contributed by atoms with E-state index in [2.05, 4.69) is 25.6 Å². The summed E-state index contributed by atoms with van der Waals surface area (Å²) < 4.78 is 5.49. The van der Waals surface area contributed by atoms with Crippen molar-refractivity contribution >= 4 is 11.9 Å². The number of anilines is 2. The lowest BCUT2D eigenvalue weighted by atomic mass is 10.2. The summed E-state index contributed by atoms with van der Waals surface area (Å²) in [6, 6.07) is 0.321. The molecule has 1 heterocycles. The van der Waals surface area contributed by atoms with Crippen LogP contribution < -0.4 is 15.4 Å². The summed E-state index contributed by atoms with van der Waals surface area (Å²) in [6.07, 6.45) is 4.02. The van der Waals surface area contributed by atoms with Crippen molar-refractivity contribution in [3.05, 3.63) is 0 Å². The highest BCUT2D eigenvalue weighted by molar-refractivity contribution is 5.35. The molecule has 20 heavy (non-hydrogen) atoms. The molecule has 1 aromatic rings. The van der Waals surface area contributed by atoms with Gasteiger partial charge >= 0.3 is 6.01 Å². The molecule has 0 aromatic carbocycles. The molecule has 0 saturated heterocycles. The maximum absolute atomic E-state index is 8.70. The van der Waals surface area contributed by atoms with Gasteiger partial charge in [-0.05, 0) is 26.7 Å². The van der Waals surface area contributed by atoms with Crippen LogP contribution in [0.25, 0.3) is 0 Å². The van der Waals surface area contributed by atoms with Crippen LogP contribution in [-0.4, -0.2) is 46.4 Å². The highest BCUT2D eigenvalue weighted by Gasteiger charge is 2.07. The molecule has 7 heteroatoms. The number of nitrogens with one attached hydrogen (secondary N) is 2. The minimum Gasteiger partial charge on any atom is -0.461 e. The van der Waals surface area contributed by atoms with Gasteiger partial charge in [-0.25, -0.2) is 0 Å². The third-order valence-corrected chi connectivity index (χ3v) is 2.55. The number of aliphatic hydroxyl groups excluding tert-OH is 1. The molecule has 0 aliphatic rings. The maximum Gasteiger partial charge on any atom is 0.323 e. The molecule has 1 rings (SSSR count). The first kappa shape index (κ1) is 16.4. The number of ether oxygens (including phenoxy) is 1.